The number of rotatable bonds is 8. The number of nitrogens with zero attached hydrogens (tertiary/aromatic N) is 2. The molecule has 11 nitrogen and oxygen atoms in total. The lowest BCUT2D eigenvalue weighted by Crippen LogP contribution is -2.48. The van der Waals surface area contributed by atoms with Gasteiger partial charge in [0.2, 0.25) is 0 Å². The van der Waals surface area contributed by atoms with Crippen molar-refractivity contribution in [3.63, 3.8) is 0 Å². The number of aliphatic hydroxyl groups excluding tert-OH is 1. The van der Waals surface area contributed by atoms with E-state index >= 15 is 0 Å². The number of sulfonamides is 1. The molecule has 1 aliphatic heterocycles. The highest BCUT2D eigenvalue weighted by Gasteiger charge is 2.31. The van der Waals surface area contributed by atoms with Crippen molar-refractivity contribution >= 4 is 55.4 Å². The molecule has 0 fully saturated rings. The number of hydrogen-bond acceptors (Lipinski definition) is 8. The molecule has 13 heteroatoms. The Morgan fingerprint density at radius 2 is 1.86 bits per heavy atom. The van der Waals surface area contributed by atoms with E-state index in [1.165, 1.54) is 12.1 Å². The van der Waals surface area contributed by atoms with Gasteiger partial charge in [0, 0.05) is 43.7 Å². The first kappa shape index (κ1) is 37.1. The predicted octanol–water partition coefficient (Wildman–Crippen LogP) is 6.66. The first-order chi connectivity index (χ1) is 24.0. The van der Waals surface area contributed by atoms with Gasteiger partial charge in [0.1, 0.15) is 9.96 Å². The van der Waals surface area contributed by atoms with Crippen LogP contribution >= 0.6 is 11.3 Å². The maximum atomic E-state index is 14.4. The number of likely N-dealkylation sites (N-methyl/N-ethyl adjacent to an activating group) is 1. The topological polar surface area (TPSA) is 138 Å². The molecule has 0 spiro atoms. The van der Waals surface area contributed by atoms with Gasteiger partial charge in [-0.1, -0.05) is 49.4 Å². The van der Waals surface area contributed by atoms with Gasteiger partial charge in [-0.15, -0.1) is 11.3 Å². The molecule has 0 bridgehead atoms. The molecule has 3 N–H and O–H groups in total. The number of nitrogens with one attached hydrogen (secondary N) is 2. The molecule has 0 saturated carbocycles. The van der Waals surface area contributed by atoms with Gasteiger partial charge in [-0.05, 0) is 74.2 Å². The van der Waals surface area contributed by atoms with Crippen LogP contribution in [0.4, 0.5) is 16.2 Å². The lowest BCUT2D eigenvalue weighted by molar-refractivity contribution is -0.0115. The van der Waals surface area contributed by atoms with Crippen LogP contribution in [0.5, 0.6) is 5.75 Å². The number of hydrogen-bond donors (Lipinski definition) is 3. The molecule has 3 amide bonds. The minimum Gasteiger partial charge on any atom is -0.490 e. The molecule has 4 aromatic rings. The van der Waals surface area contributed by atoms with Crippen molar-refractivity contribution in [1.29, 1.82) is 0 Å². The third-order valence-corrected chi connectivity index (χ3v) is 11.7. The minimum atomic E-state index is -3.86. The molecule has 2 heterocycles. The van der Waals surface area contributed by atoms with Gasteiger partial charge in [0.15, 0.2) is 0 Å². The zero-order valence-electron chi connectivity index (χ0n) is 28.9. The van der Waals surface area contributed by atoms with Crippen molar-refractivity contribution in [2.45, 2.75) is 62.5 Å². The minimum absolute atomic E-state index is 0.153. The molecule has 50 heavy (non-hydrogen) atoms. The van der Waals surface area contributed by atoms with Crippen molar-refractivity contribution in [2.75, 3.05) is 43.4 Å². The summed E-state index contributed by atoms with van der Waals surface area (Å²) >= 11 is 1.09. The average molecular weight is 723 g/mol. The Balaban J connectivity index is 1.40. The highest BCUT2D eigenvalue weighted by molar-refractivity contribution is 7.94. The number of benzene rings is 3. The molecule has 1 aromatic heterocycles. The van der Waals surface area contributed by atoms with Crippen molar-refractivity contribution in [1.82, 2.24) is 9.80 Å². The third-order valence-electron chi connectivity index (χ3n) is 8.90. The number of anilines is 2. The fourth-order valence-electron chi connectivity index (χ4n) is 5.97. The smallest absolute Gasteiger partial charge is 0.321 e. The van der Waals surface area contributed by atoms with Gasteiger partial charge >= 0.3 is 6.03 Å². The Labute approximate surface area is 298 Å². The number of amides is 3. The molecular formula is C37H46N4O7S2. The molecule has 1 aliphatic rings. The van der Waals surface area contributed by atoms with Gasteiger partial charge in [-0.2, -0.15) is 0 Å². The Morgan fingerprint density at radius 3 is 2.62 bits per heavy atom. The molecule has 0 unspecified atom stereocenters. The Bertz CT molecular complexity index is 1860. The highest BCUT2D eigenvalue weighted by atomic mass is 32.2. The SMILES string of the molecule is C[C@@H]1CN([C@@H](C)CO)C(=O)c2cc(NS(=O)(=O)c3cccs3)ccc2O[C@@H](C)CCCCO[C@@H]1CN(C)C(=O)Nc1cccc2ccccc12. The Morgan fingerprint density at radius 1 is 1.08 bits per heavy atom. The fourth-order valence-corrected chi connectivity index (χ4v) is 8.01. The van der Waals surface area contributed by atoms with Gasteiger partial charge < -0.3 is 29.7 Å². The molecule has 0 saturated heterocycles. The monoisotopic (exact) mass is 722 g/mol. The highest BCUT2D eigenvalue weighted by Crippen LogP contribution is 2.30. The van der Waals surface area contributed by atoms with Crippen molar-refractivity contribution in [2.24, 2.45) is 5.92 Å². The van der Waals surface area contributed by atoms with E-state index in [1.807, 2.05) is 56.3 Å². The zero-order valence-corrected chi connectivity index (χ0v) is 30.5. The van der Waals surface area contributed by atoms with Gasteiger partial charge in [-0.25, -0.2) is 13.2 Å². The molecule has 5 rings (SSSR count). The van der Waals surface area contributed by atoms with Crippen LogP contribution in [0.15, 0.2) is 82.4 Å². The van der Waals surface area contributed by atoms with Crippen LogP contribution in [0.1, 0.15) is 50.4 Å². The summed E-state index contributed by atoms with van der Waals surface area (Å²) in [6.45, 7) is 6.27. The average Bonchev–Trinajstić information content (AvgIpc) is 3.66. The van der Waals surface area contributed by atoms with E-state index < -0.39 is 28.1 Å². The van der Waals surface area contributed by atoms with E-state index in [2.05, 4.69) is 10.0 Å². The molecule has 0 radical (unpaired) electrons. The second-order valence-electron chi connectivity index (χ2n) is 12.9. The second-order valence-corrected chi connectivity index (χ2v) is 15.7. The van der Waals surface area contributed by atoms with E-state index in [0.717, 1.165) is 35.0 Å². The molecule has 3 aromatic carbocycles. The van der Waals surface area contributed by atoms with Gasteiger partial charge in [0.25, 0.3) is 15.9 Å². The van der Waals surface area contributed by atoms with E-state index in [-0.39, 0.29) is 53.2 Å². The molecule has 268 valence electrons. The number of fused-ring (bicyclic) bond motifs is 2. The second kappa shape index (κ2) is 16.7. The lowest BCUT2D eigenvalue weighted by atomic mass is 10.0. The molecule has 4 atom stereocenters. The number of aliphatic hydroxyl groups is 1. The van der Waals surface area contributed by atoms with E-state index in [9.17, 15) is 23.1 Å². The van der Waals surface area contributed by atoms with Gasteiger partial charge in [0.05, 0.1) is 36.1 Å². The molecular weight excluding hydrogens is 677 g/mol. The first-order valence-corrected chi connectivity index (χ1v) is 19.2. The number of carbonyl (C=O) groups excluding carboxylic acids is 2. The van der Waals surface area contributed by atoms with Crippen LogP contribution in [-0.4, -0.2) is 86.9 Å². The largest absolute Gasteiger partial charge is 0.490 e. The summed E-state index contributed by atoms with van der Waals surface area (Å²) in [5.74, 6) is -0.345. The van der Waals surface area contributed by atoms with Crippen molar-refractivity contribution < 1.29 is 32.6 Å². The summed E-state index contributed by atoms with van der Waals surface area (Å²) < 4.78 is 41.5. The zero-order chi connectivity index (χ0) is 35.8. The standard InChI is InChI=1S/C37H46N4O7S2/c1-25-22-41(26(2)24-42)36(43)31-21-29(39-50(45,46)35-16-10-20-49-35)17-18-33(31)48-27(3)11-7-8-19-47-34(25)23-40(4)37(44)38-32-15-9-13-28-12-5-6-14-30(28)32/h5-6,9-10,12-18,20-21,25-27,34,39,42H,7-8,11,19,22-24H2,1-4H3,(H,38,44)/t25-,26+,27+,34-/m1/s1. The number of thiophene rings is 1. The van der Waals surface area contributed by atoms with Crippen LogP contribution in [-0.2, 0) is 14.8 Å². The summed E-state index contributed by atoms with van der Waals surface area (Å²) in [5.41, 5.74) is 1.10. The summed E-state index contributed by atoms with van der Waals surface area (Å²) in [7, 11) is -2.15. The van der Waals surface area contributed by atoms with E-state index in [4.69, 9.17) is 9.47 Å². The van der Waals surface area contributed by atoms with Crippen LogP contribution in [0.2, 0.25) is 0 Å². The number of ether oxygens (including phenoxy) is 2. The fraction of sp³-hybridized carbons (Fsp3) is 0.405. The van der Waals surface area contributed by atoms with Crippen LogP contribution < -0.4 is 14.8 Å². The van der Waals surface area contributed by atoms with Crippen LogP contribution in [0, 0.1) is 5.92 Å². The third kappa shape index (κ3) is 9.13. The quantitative estimate of drug-likeness (QED) is 0.185. The van der Waals surface area contributed by atoms with E-state index in [1.54, 1.807) is 47.4 Å². The first-order valence-electron chi connectivity index (χ1n) is 16.9. The Hall–Kier alpha value is -4.17. The maximum Gasteiger partial charge on any atom is 0.321 e. The number of urea groups is 1. The van der Waals surface area contributed by atoms with E-state index in [0.29, 0.717) is 24.5 Å². The Kier molecular flexibility index (Phi) is 12.4. The molecule has 0 aliphatic carbocycles. The summed E-state index contributed by atoms with van der Waals surface area (Å²) in [6, 6.07) is 20.6. The maximum absolute atomic E-state index is 14.4. The van der Waals surface area contributed by atoms with Crippen LogP contribution in [0.25, 0.3) is 10.8 Å². The summed E-state index contributed by atoms with van der Waals surface area (Å²) in [5, 5.41) is 16.9. The normalized spacial score (nSPS) is 19.9. The van der Waals surface area contributed by atoms with Gasteiger partial charge in [-0.3, -0.25) is 9.52 Å². The number of carbonyl (C=O) groups is 2. The van der Waals surface area contributed by atoms with Crippen LogP contribution in [0.3, 0.4) is 0 Å². The summed E-state index contributed by atoms with van der Waals surface area (Å²) in [6.07, 6.45) is 1.62. The van der Waals surface area contributed by atoms with Crippen molar-refractivity contribution in [3.8, 4) is 5.75 Å². The predicted molar refractivity (Wildman–Crippen MR) is 198 cm³/mol. The van der Waals surface area contributed by atoms with Crippen molar-refractivity contribution in [3.05, 3.63) is 83.7 Å². The lowest BCUT2D eigenvalue weighted by Gasteiger charge is -2.35. The summed E-state index contributed by atoms with van der Waals surface area (Å²) in [4.78, 5) is 31.0.